The Kier molecular flexibility index (Phi) is 5.18. The molecular weight excluding hydrogens is 348 g/mol. The molecule has 1 heterocycles. The topological polar surface area (TPSA) is 123 Å². The summed E-state index contributed by atoms with van der Waals surface area (Å²) in [6, 6.07) is 14.9. The van der Waals surface area contributed by atoms with Crippen LogP contribution in [-0.2, 0) is 9.53 Å². The van der Waals surface area contributed by atoms with E-state index in [1.807, 2.05) is 6.07 Å². The SMILES string of the molecule is C[C@@H](OC(=O)c1cccc(-n2cnnn2)c1)C(=O)Nc1cccc(C#N)c1. The highest BCUT2D eigenvalue weighted by atomic mass is 16.5. The molecule has 0 aliphatic carbocycles. The molecule has 0 unspecified atom stereocenters. The highest BCUT2D eigenvalue weighted by Crippen LogP contribution is 2.13. The number of carbonyl (C=O) groups excluding carboxylic acids is 2. The lowest BCUT2D eigenvalue weighted by Gasteiger charge is -2.14. The standard InChI is InChI=1S/C18H14N6O3/c1-12(17(25)21-15-6-2-4-13(8-15)10-19)27-18(26)14-5-3-7-16(9-14)24-11-20-22-23-24/h2-9,11-12H,1H3,(H,21,25)/t12-/m1/s1. The highest BCUT2D eigenvalue weighted by molar-refractivity contribution is 5.97. The van der Waals surface area contributed by atoms with Crippen LogP contribution >= 0.6 is 0 Å². The summed E-state index contributed by atoms with van der Waals surface area (Å²) in [5.74, 6) is -1.16. The minimum Gasteiger partial charge on any atom is -0.449 e. The zero-order valence-corrected chi connectivity index (χ0v) is 14.2. The molecule has 1 atom stereocenters. The molecule has 0 spiro atoms. The molecular formula is C18H14N6O3. The van der Waals surface area contributed by atoms with Gasteiger partial charge < -0.3 is 10.1 Å². The molecule has 0 bridgehead atoms. The number of amides is 1. The maximum absolute atomic E-state index is 12.3. The Balaban J connectivity index is 1.66. The molecule has 3 aromatic rings. The van der Waals surface area contributed by atoms with Gasteiger partial charge in [0.15, 0.2) is 6.10 Å². The largest absolute Gasteiger partial charge is 0.449 e. The average molecular weight is 362 g/mol. The fraction of sp³-hybridized carbons (Fsp3) is 0.111. The number of rotatable bonds is 5. The van der Waals surface area contributed by atoms with Crippen molar-refractivity contribution < 1.29 is 14.3 Å². The van der Waals surface area contributed by atoms with Crippen molar-refractivity contribution in [3.05, 3.63) is 66.0 Å². The number of esters is 1. The Morgan fingerprint density at radius 3 is 2.78 bits per heavy atom. The van der Waals surface area contributed by atoms with Gasteiger partial charge in [-0.2, -0.15) is 5.26 Å². The molecule has 0 saturated heterocycles. The molecule has 0 aliphatic rings. The van der Waals surface area contributed by atoms with Crippen molar-refractivity contribution in [2.24, 2.45) is 0 Å². The van der Waals surface area contributed by atoms with Gasteiger partial charge in [0, 0.05) is 5.69 Å². The lowest BCUT2D eigenvalue weighted by molar-refractivity contribution is -0.123. The molecule has 1 amide bonds. The van der Waals surface area contributed by atoms with Crippen molar-refractivity contribution in [3.8, 4) is 11.8 Å². The summed E-state index contributed by atoms with van der Waals surface area (Å²) in [4.78, 5) is 24.6. The van der Waals surface area contributed by atoms with Gasteiger partial charge in [-0.1, -0.05) is 12.1 Å². The fourth-order valence-corrected chi connectivity index (χ4v) is 2.25. The van der Waals surface area contributed by atoms with Crippen LogP contribution in [0.1, 0.15) is 22.8 Å². The summed E-state index contributed by atoms with van der Waals surface area (Å²) in [5, 5.41) is 22.3. The van der Waals surface area contributed by atoms with Crippen molar-refractivity contribution >= 4 is 17.6 Å². The van der Waals surface area contributed by atoms with Gasteiger partial charge in [0.25, 0.3) is 5.91 Å². The van der Waals surface area contributed by atoms with E-state index in [1.165, 1.54) is 24.0 Å². The molecule has 3 rings (SSSR count). The smallest absolute Gasteiger partial charge is 0.338 e. The molecule has 1 aromatic heterocycles. The normalized spacial score (nSPS) is 11.3. The number of tetrazole rings is 1. The lowest BCUT2D eigenvalue weighted by atomic mass is 10.2. The first kappa shape index (κ1) is 17.8. The van der Waals surface area contributed by atoms with Gasteiger partial charge in [-0.05, 0) is 53.7 Å². The second-order valence-electron chi connectivity index (χ2n) is 5.53. The number of nitrogens with one attached hydrogen (secondary N) is 1. The summed E-state index contributed by atoms with van der Waals surface area (Å²) in [6.45, 7) is 1.46. The van der Waals surface area contributed by atoms with E-state index in [4.69, 9.17) is 10.00 Å². The van der Waals surface area contributed by atoms with Crippen molar-refractivity contribution in [2.45, 2.75) is 13.0 Å². The Morgan fingerprint density at radius 2 is 2.04 bits per heavy atom. The Morgan fingerprint density at radius 1 is 1.22 bits per heavy atom. The summed E-state index contributed by atoms with van der Waals surface area (Å²) in [6.07, 6.45) is 0.371. The van der Waals surface area contributed by atoms with E-state index in [1.54, 1.807) is 42.5 Å². The third kappa shape index (κ3) is 4.32. The number of anilines is 1. The van der Waals surface area contributed by atoms with Crippen LogP contribution in [0.3, 0.4) is 0 Å². The predicted octanol–water partition coefficient (Wildman–Crippen LogP) is 1.72. The van der Waals surface area contributed by atoms with Gasteiger partial charge in [-0.15, -0.1) is 5.10 Å². The third-order valence-corrected chi connectivity index (χ3v) is 3.61. The third-order valence-electron chi connectivity index (χ3n) is 3.61. The second-order valence-corrected chi connectivity index (χ2v) is 5.53. The van der Waals surface area contributed by atoms with Crippen LogP contribution in [0.2, 0.25) is 0 Å². The molecule has 1 N–H and O–H groups in total. The molecule has 0 fully saturated rings. The number of carbonyl (C=O) groups is 2. The van der Waals surface area contributed by atoms with Crippen molar-refractivity contribution in [3.63, 3.8) is 0 Å². The van der Waals surface area contributed by atoms with E-state index in [9.17, 15) is 9.59 Å². The minimum absolute atomic E-state index is 0.258. The zero-order valence-electron chi connectivity index (χ0n) is 14.2. The number of nitriles is 1. The molecule has 2 aromatic carbocycles. The van der Waals surface area contributed by atoms with E-state index in [2.05, 4.69) is 20.8 Å². The molecule has 9 nitrogen and oxygen atoms in total. The van der Waals surface area contributed by atoms with E-state index < -0.39 is 18.0 Å². The summed E-state index contributed by atoms with van der Waals surface area (Å²) in [5.41, 5.74) is 1.70. The van der Waals surface area contributed by atoms with Crippen LogP contribution in [0, 0.1) is 11.3 Å². The number of ether oxygens (including phenoxy) is 1. The highest BCUT2D eigenvalue weighted by Gasteiger charge is 2.19. The van der Waals surface area contributed by atoms with Crippen LogP contribution in [0.4, 0.5) is 5.69 Å². The Bertz CT molecular complexity index is 1010. The fourth-order valence-electron chi connectivity index (χ4n) is 2.25. The number of hydrogen-bond donors (Lipinski definition) is 1. The number of aromatic nitrogens is 4. The number of benzene rings is 2. The quantitative estimate of drug-likeness (QED) is 0.685. The average Bonchev–Trinajstić information content (AvgIpc) is 3.23. The molecule has 27 heavy (non-hydrogen) atoms. The van der Waals surface area contributed by atoms with Crippen LogP contribution < -0.4 is 5.32 Å². The summed E-state index contributed by atoms with van der Waals surface area (Å²) >= 11 is 0. The van der Waals surface area contributed by atoms with Gasteiger partial charge >= 0.3 is 5.97 Å². The Hall–Kier alpha value is -4.06. The number of nitrogens with zero attached hydrogens (tertiary/aromatic N) is 5. The molecule has 134 valence electrons. The second kappa shape index (κ2) is 7.88. The van der Waals surface area contributed by atoms with Crippen LogP contribution in [0.15, 0.2) is 54.9 Å². The van der Waals surface area contributed by atoms with Gasteiger partial charge in [-0.25, -0.2) is 9.48 Å². The summed E-state index contributed by atoms with van der Waals surface area (Å²) in [7, 11) is 0. The van der Waals surface area contributed by atoms with Crippen molar-refractivity contribution in [2.75, 3.05) is 5.32 Å². The molecule has 0 saturated carbocycles. The monoisotopic (exact) mass is 362 g/mol. The van der Waals surface area contributed by atoms with Gasteiger partial charge in [-0.3, -0.25) is 4.79 Å². The predicted molar refractivity (Wildman–Crippen MR) is 93.8 cm³/mol. The van der Waals surface area contributed by atoms with Gasteiger partial charge in [0.1, 0.15) is 6.33 Å². The molecule has 0 aliphatic heterocycles. The van der Waals surface area contributed by atoms with E-state index in [0.29, 0.717) is 16.9 Å². The van der Waals surface area contributed by atoms with Crippen molar-refractivity contribution in [1.82, 2.24) is 20.2 Å². The first-order valence-electron chi connectivity index (χ1n) is 7.92. The van der Waals surface area contributed by atoms with Crippen LogP contribution in [0.25, 0.3) is 5.69 Å². The minimum atomic E-state index is -1.03. The van der Waals surface area contributed by atoms with E-state index in [0.717, 1.165) is 0 Å². The van der Waals surface area contributed by atoms with Gasteiger partial charge in [0.05, 0.1) is 22.9 Å². The van der Waals surface area contributed by atoms with Gasteiger partial charge in [0.2, 0.25) is 0 Å². The van der Waals surface area contributed by atoms with E-state index in [-0.39, 0.29) is 5.56 Å². The van der Waals surface area contributed by atoms with Crippen LogP contribution in [-0.4, -0.2) is 38.2 Å². The maximum atomic E-state index is 12.3. The molecule has 9 heteroatoms. The zero-order chi connectivity index (χ0) is 19.2. The Labute approximate surface area is 154 Å². The van der Waals surface area contributed by atoms with E-state index >= 15 is 0 Å². The number of hydrogen-bond acceptors (Lipinski definition) is 7. The van der Waals surface area contributed by atoms with Crippen LogP contribution in [0.5, 0.6) is 0 Å². The van der Waals surface area contributed by atoms with Crippen molar-refractivity contribution in [1.29, 1.82) is 5.26 Å². The maximum Gasteiger partial charge on any atom is 0.338 e. The summed E-state index contributed by atoms with van der Waals surface area (Å²) < 4.78 is 6.62. The molecule has 0 radical (unpaired) electrons. The first-order valence-corrected chi connectivity index (χ1v) is 7.92. The lowest BCUT2D eigenvalue weighted by Crippen LogP contribution is -2.30. The first-order chi connectivity index (χ1) is 13.1.